The van der Waals surface area contributed by atoms with E-state index in [0.717, 1.165) is 27.5 Å². The van der Waals surface area contributed by atoms with E-state index in [9.17, 15) is 4.79 Å². The number of thiazole rings is 1. The van der Waals surface area contributed by atoms with Gasteiger partial charge in [-0.3, -0.25) is 10.1 Å². The highest BCUT2D eigenvalue weighted by molar-refractivity contribution is 7.15. The lowest BCUT2D eigenvalue weighted by Crippen LogP contribution is -2.14. The van der Waals surface area contributed by atoms with Crippen LogP contribution >= 0.6 is 11.3 Å². The number of benzene rings is 2. The Bertz CT molecular complexity index is 1080. The van der Waals surface area contributed by atoms with Crippen molar-refractivity contribution in [2.24, 2.45) is 0 Å². The second-order valence-electron chi connectivity index (χ2n) is 5.75. The number of hydrogen-bond donors (Lipinski definition) is 1. The first-order valence-electron chi connectivity index (χ1n) is 8.01. The number of rotatable bonds is 4. The molecule has 4 rings (SSSR count). The van der Waals surface area contributed by atoms with E-state index in [1.165, 1.54) is 11.3 Å². The van der Waals surface area contributed by atoms with Gasteiger partial charge in [-0.25, -0.2) is 4.52 Å². The molecule has 130 valence electrons. The van der Waals surface area contributed by atoms with Crippen LogP contribution in [0, 0.1) is 6.92 Å². The van der Waals surface area contributed by atoms with Crippen LogP contribution < -0.4 is 10.1 Å². The molecule has 0 atom stereocenters. The highest BCUT2D eigenvalue weighted by Crippen LogP contribution is 2.27. The van der Waals surface area contributed by atoms with Crippen molar-refractivity contribution >= 4 is 28.2 Å². The second kappa shape index (κ2) is 6.61. The quantitative estimate of drug-likeness (QED) is 0.594. The predicted molar refractivity (Wildman–Crippen MR) is 102 cm³/mol. The fraction of sp³-hybridized carbons (Fsp3) is 0.105. The van der Waals surface area contributed by atoms with Gasteiger partial charge in [-0.1, -0.05) is 18.2 Å². The molecular weight excluding hydrogens is 348 g/mol. The minimum atomic E-state index is -0.215. The topological polar surface area (TPSA) is 68.5 Å². The van der Waals surface area contributed by atoms with Gasteiger partial charge < -0.3 is 4.74 Å². The molecule has 2 heterocycles. The van der Waals surface area contributed by atoms with E-state index in [1.807, 2.05) is 54.8 Å². The van der Waals surface area contributed by atoms with Gasteiger partial charge in [0.15, 0.2) is 0 Å². The first-order valence-corrected chi connectivity index (χ1v) is 8.89. The van der Waals surface area contributed by atoms with Crippen molar-refractivity contribution in [1.82, 2.24) is 14.6 Å². The number of fused-ring (bicyclic) bond motifs is 1. The van der Waals surface area contributed by atoms with E-state index in [-0.39, 0.29) is 5.91 Å². The third kappa shape index (κ3) is 2.93. The summed E-state index contributed by atoms with van der Waals surface area (Å²) < 4.78 is 6.93. The monoisotopic (exact) mass is 364 g/mol. The van der Waals surface area contributed by atoms with Crippen LogP contribution in [0.3, 0.4) is 0 Å². The van der Waals surface area contributed by atoms with E-state index >= 15 is 0 Å². The maximum atomic E-state index is 12.4. The molecule has 0 radical (unpaired) electrons. The SMILES string of the molecule is COc1ccc(-c2csc3nc(NC(=O)c4ccccc4C)nn23)cc1. The Morgan fingerprint density at radius 1 is 1.15 bits per heavy atom. The van der Waals surface area contributed by atoms with E-state index in [2.05, 4.69) is 15.4 Å². The van der Waals surface area contributed by atoms with Gasteiger partial charge in [0.2, 0.25) is 4.96 Å². The van der Waals surface area contributed by atoms with Crippen molar-refractivity contribution in [2.45, 2.75) is 6.92 Å². The largest absolute Gasteiger partial charge is 0.497 e. The molecule has 7 heteroatoms. The molecule has 26 heavy (non-hydrogen) atoms. The molecule has 0 unspecified atom stereocenters. The number of amides is 1. The Kier molecular flexibility index (Phi) is 4.14. The third-order valence-corrected chi connectivity index (χ3v) is 4.90. The molecule has 1 N–H and O–H groups in total. The van der Waals surface area contributed by atoms with Gasteiger partial charge in [0.1, 0.15) is 5.75 Å². The van der Waals surface area contributed by atoms with Crippen molar-refractivity contribution in [3.05, 3.63) is 65.0 Å². The number of hydrogen-bond acceptors (Lipinski definition) is 5. The standard InChI is InChI=1S/C19H16N4O2S/c1-12-5-3-4-6-15(12)17(24)20-18-21-19-23(22-18)16(11-26-19)13-7-9-14(25-2)10-8-13/h3-11H,1-2H3,(H,20,22,24). The Labute approximate surface area is 154 Å². The first-order chi connectivity index (χ1) is 12.7. The summed E-state index contributed by atoms with van der Waals surface area (Å²) in [5.41, 5.74) is 3.43. The molecule has 0 bridgehead atoms. The number of ether oxygens (including phenoxy) is 1. The smallest absolute Gasteiger partial charge is 0.258 e. The van der Waals surface area contributed by atoms with Gasteiger partial charge in [-0.05, 0) is 42.8 Å². The molecule has 0 aliphatic rings. The normalized spacial score (nSPS) is 10.8. The van der Waals surface area contributed by atoms with Gasteiger partial charge >= 0.3 is 0 Å². The van der Waals surface area contributed by atoms with Gasteiger partial charge in [-0.2, -0.15) is 4.98 Å². The zero-order valence-corrected chi connectivity index (χ0v) is 15.1. The number of nitrogens with one attached hydrogen (secondary N) is 1. The van der Waals surface area contributed by atoms with Gasteiger partial charge in [-0.15, -0.1) is 16.4 Å². The molecule has 0 aliphatic carbocycles. The molecule has 0 aliphatic heterocycles. The number of carbonyl (C=O) groups is 1. The predicted octanol–water partition coefficient (Wildman–Crippen LogP) is 4.03. The van der Waals surface area contributed by atoms with E-state index in [0.29, 0.717) is 11.5 Å². The van der Waals surface area contributed by atoms with Crippen LogP contribution in [0.5, 0.6) is 5.75 Å². The maximum Gasteiger partial charge on any atom is 0.258 e. The molecule has 2 aromatic carbocycles. The lowest BCUT2D eigenvalue weighted by Gasteiger charge is -2.04. The molecule has 0 fully saturated rings. The van der Waals surface area contributed by atoms with Crippen molar-refractivity contribution < 1.29 is 9.53 Å². The zero-order valence-electron chi connectivity index (χ0n) is 14.3. The fourth-order valence-corrected chi connectivity index (χ4v) is 3.52. The lowest BCUT2D eigenvalue weighted by atomic mass is 10.1. The minimum absolute atomic E-state index is 0.215. The zero-order chi connectivity index (χ0) is 18.1. The van der Waals surface area contributed by atoms with Crippen LogP contribution in [0.25, 0.3) is 16.2 Å². The van der Waals surface area contributed by atoms with Crippen LogP contribution in [-0.4, -0.2) is 27.6 Å². The number of anilines is 1. The summed E-state index contributed by atoms with van der Waals surface area (Å²) >= 11 is 1.47. The average Bonchev–Trinajstić information content (AvgIpc) is 3.22. The van der Waals surface area contributed by atoms with Crippen LogP contribution in [-0.2, 0) is 0 Å². The third-order valence-electron chi connectivity index (χ3n) is 4.08. The summed E-state index contributed by atoms with van der Waals surface area (Å²) in [5, 5.41) is 9.21. The van der Waals surface area contributed by atoms with Gasteiger partial charge in [0.25, 0.3) is 11.9 Å². The molecular formula is C19H16N4O2S. The van der Waals surface area contributed by atoms with Crippen LogP contribution in [0.4, 0.5) is 5.95 Å². The van der Waals surface area contributed by atoms with E-state index in [1.54, 1.807) is 17.7 Å². The number of aromatic nitrogens is 3. The molecule has 6 nitrogen and oxygen atoms in total. The summed E-state index contributed by atoms with van der Waals surface area (Å²) in [6.07, 6.45) is 0. The van der Waals surface area contributed by atoms with E-state index in [4.69, 9.17) is 4.74 Å². The van der Waals surface area contributed by atoms with Crippen molar-refractivity contribution in [2.75, 3.05) is 12.4 Å². The maximum absolute atomic E-state index is 12.4. The number of nitrogens with zero attached hydrogens (tertiary/aromatic N) is 3. The summed E-state index contributed by atoms with van der Waals surface area (Å²) in [5.74, 6) is 0.872. The number of methoxy groups -OCH3 is 1. The highest BCUT2D eigenvalue weighted by atomic mass is 32.1. The van der Waals surface area contributed by atoms with Crippen molar-refractivity contribution in [3.8, 4) is 17.0 Å². The molecule has 4 aromatic rings. The second-order valence-corrected chi connectivity index (χ2v) is 6.58. The Morgan fingerprint density at radius 3 is 2.65 bits per heavy atom. The molecule has 1 amide bonds. The molecule has 2 aromatic heterocycles. The number of carbonyl (C=O) groups excluding carboxylic acids is 1. The van der Waals surface area contributed by atoms with Gasteiger partial charge in [0.05, 0.1) is 12.8 Å². The Balaban J connectivity index is 1.63. The molecule has 0 saturated carbocycles. The number of aryl methyl sites for hydroxylation is 1. The average molecular weight is 364 g/mol. The van der Waals surface area contributed by atoms with Crippen LogP contribution in [0.2, 0.25) is 0 Å². The summed E-state index contributed by atoms with van der Waals surface area (Å²) in [6.45, 7) is 1.90. The van der Waals surface area contributed by atoms with Crippen LogP contribution in [0.15, 0.2) is 53.9 Å². The highest BCUT2D eigenvalue weighted by Gasteiger charge is 2.15. The molecule has 0 saturated heterocycles. The minimum Gasteiger partial charge on any atom is -0.497 e. The summed E-state index contributed by atoms with van der Waals surface area (Å²) in [4.78, 5) is 17.6. The van der Waals surface area contributed by atoms with Gasteiger partial charge in [0, 0.05) is 16.5 Å². The first kappa shape index (κ1) is 16.3. The Morgan fingerprint density at radius 2 is 1.92 bits per heavy atom. The fourth-order valence-electron chi connectivity index (χ4n) is 2.69. The molecule has 0 spiro atoms. The van der Waals surface area contributed by atoms with Crippen LogP contribution in [0.1, 0.15) is 15.9 Å². The Hall–Kier alpha value is -3.19. The summed E-state index contributed by atoms with van der Waals surface area (Å²) in [6, 6.07) is 15.1. The van der Waals surface area contributed by atoms with Crippen molar-refractivity contribution in [1.29, 1.82) is 0 Å². The summed E-state index contributed by atoms with van der Waals surface area (Å²) in [7, 11) is 1.64. The van der Waals surface area contributed by atoms with Crippen molar-refractivity contribution in [3.63, 3.8) is 0 Å². The van der Waals surface area contributed by atoms with E-state index < -0.39 is 0 Å². The lowest BCUT2D eigenvalue weighted by molar-refractivity contribution is 0.102.